The van der Waals surface area contributed by atoms with Crippen molar-refractivity contribution < 1.29 is 28.0 Å². The number of hydroxylamine groups is 2. The number of halogens is 6. The maximum absolute atomic E-state index is 11.2. The molecule has 5 nitrogen and oxygen atoms in total. The normalized spacial score (nSPS) is 9.34. The molecule has 0 unspecified atom stereocenters. The second-order valence-corrected chi connectivity index (χ2v) is 22.8. The number of aryl methyl sites for hydroxylation is 2. The minimum atomic E-state index is 0. The van der Waals surface area contributed by atoms with Crippen molar-refractivity contribution in [1.82, 2.24) is 5.48 Å². The van der Waals surface area contributed by atoms with Gasteiger partial charge in [-0.2, -0.15) is 0 Å². The van der Waals surface area contributed by atoms with Crippen LogP contribution in [0.15, 0.2) is 48.5 Å². The molecule has 0 aliphatic rings. The van der Waals surface area contributed by atoms with Crippen LogP contribution in [-0.2, 0) is 12.8 Å². The van der Waals surface area contributed by atoms with Crippen LogP contribution in [0.3, 0.4) is 0 Å². The Hall–Kier alpha value is 1.88. The molecule has 0 radical (unpaired) electrons. The molecule has 0 heterocycles. The van der Waals surface area contributed by atoms with Gasteiger partial charge < -0.3 is 10.4 Å². The van der Waals surface area contributed by atoms with Gasteiger partial charge in [0.2, 0.25) is 0 Å². The molecule has 0 saturated carbocycles. The Kier molecular flexibility index (Phi) is 45.0. The number of rotatable bonds is 8. The van der Waals surface area contributed by atoms with Gasteiger partial charge in [-0.15, -0.1) is 24.0 Å². The molecule has 0 aliphatic carbocycles. The van der Waals surface area contributed by atoms with E-state index in [1.165, 1.54) is 11.1 Å². The van der Waals surface area contributed by atoms with E-state index in [2.05, 4.69) is 100 Å². The number of nitrogens with zero attached hydrogens (tertiary/aromatic N) is 1. The van der Waals surface area contributed by atoms with Gasteiger partial charge in [0.25, 0.3) is 0 Å². The number of carbonyl (C=O) groups excluding carboxylic acids is 1. The summed E-state index contributed by atoms with van der Waals surface area (Å²) in [6.07, 6.45) is 6.43. The Morgan fingerprint density at radius 2 is 1.29 bits per heavy atom. The van der Waals surface area contributed by atoms with Gasteiger partial charge in [0.15, 0.2) is 12.8 Å². The van der Waals surface area contributed by atoms with E-state index in [4.69, 9.17) is 5.21 Å². The Bertz CT molecular complexity index is 716. The summed E-state index contributed by atoms with van der Waals surface area (Å²) in [6, 6.07) is 15.7. The summed E-state index contributed by atoms with van der Waals surface area (Å²) in [5.74, 6) is 0. The summed E-state index contributed by atoms with van der Waals surface area (Å²) >= 11 is 9.54. The molecule has 2 aromatic carbocycles. The van der Waals surface area contributed by atoms with Crippen LogP contribution in [0.4, 0.5) is 0 Å². The molecule has 11 heteroatoms. The molecule has 2 aromatic rings. The zero-order valence-corrected chi connectivity index (χ0v) is 33.6. The molecule has 204 valence electrons. The van der Waals surface area contributed by atoms with E-state index in [0.717, 1.165) is 47.8 Å². The topological polar surface area (TPSA) is 75.4 Å². The molecule has 0 saturated heterocycles. The number of carbonyl (C=O) groups is 1. The van der Waals surface area contributed by atoms with Gasteiger partial charge >= 0.3 is 50.5 Å². The first-order chi connectivity index (χ1) is 16.4. The fourth-order valence-corrected chi connectivity index (χ4v) is 2.23. The summed E-state index contributed by atoms with van der Waals surface area (Å²) in [5, 5.41) is 19.0. The fourth-order valence-electron chi connectivity index (χ4n) is 2.23. The fraction of sp³-hybridized carbons (Fsp3) is 0.417. The van der Waals surface area contributed by atoms with Gasteiger partial charge in [-0.3, -0.25) is 4.79 Å². The van der Waals surface area contributed by atoms with Gasteiger partial charge in [-0.05, 0) is 42.5 Å². The molecule has 2 rings (SSSR count). The molecule has 0 atom stereocenters. The van der Waals surface area contributed by atoms with Crippen molar-refractivity contribution in [2.24, 2.45) is 0 Å². The Labute approximate surface area is 282 Å². The van der Waals surface area contributed by atoms with Crippen molar-refractivity contribution in [2.45, 2.75) is 53.4 Å². The molecule has 0 amide bonds. The van der Waals surface area contributed by atoms with Gasteiger partial charge in [0, 0.05) is 61.3 Å². The number of hydrogen-bond donors (Lipinski definition) is 2. The Morgan fingerprint density at radius 1 is 0.886 bits per heavy atom. The zero-order valence-electron chi connectivity index (χ0n) is 20.5. The number of benzene rings is 2. The Morgan fingerprint density at radius 3 is 1.54 bits per heavy atom. The number of hydrogen-bond acceptors (Lipinski definition) is 4. The van der Waals surface area contributed by atoms with E-state index in [1.54, 1.807) is 6.21 Å². The maximum atomic E-state index is 11.2. The second-order valence-electron chi connectivity index (χ2n) is 6.54. The van der Waals surface area contributed by atoms with Gasteiger partial charge in [0.1, 0.15) is 6.29 Å². The average molecular weight is 1160 g/mol. The first-order valence-electron chi connectivity index (χ1n) is 10.8. The van der Waals surface area contributed by atoms with Crippen molar-refractivity contribution in [1.29, 1.82) is 0 Å². The van der Waals surface area contributed by atoms with E-state index in [-0.39, 0.29) is 24.0 Å². The molecule has 0 aliphatic heterocycles. The van der Waals surface area contributed by atoms with Crippen molar-refractivity contribution in [3.63, 3.8) is 0 Å². The standard InChI is InChI=1S/C12H17NO.C9H10O.C3H9NO.I3.I2.HI/c1-3-9-13(14)10-12-7-5-11(4-2)6-8-12;1-2-8-3-5-9(7-10)6-4-8;1-2-3-4-5;1-3-2;1-2;/h5-8,10H,3-4,9H2,1-2H3;3-7H,2H2,1H3;4-5H,2-3H2,1H3;;;1H/q;;;-1;;/b13-10-;;;;;. The summed E-state index contributed by atoms with van der Waals surface area (Å²) in [4.78, 5) is 10.2. The molecule has 35 heavy (non-hydrogen) atoms. The number of aldehydes is 1. The van der Waals surface area contributed by atoms with Crippen molar-refractivity contribution in [3.05, 3.63) is 76.0 Å². The van der Waals surface area contributed by atoms with Crippen LogP contribution in [0.2, 0.25) is 0 Å². The Balaban J connectivity index is -0.000000200. The van der Waals surface area contributed by atoms with E-state index >= 15 is 0 Å². The predicted molar refractivity (Wildman–Crippen MR) is 193 cm³/mol. The van der Waals surface area contributed by atoms with Crippen LogP contribution in [-0.4, -0.2) is 35.5 Å². The van der Waals surface area contributed by atoms with Gasteiger partial charge in [-0.25, -0.2) is 10.2 Å². The first kappa shape index (κ1) is 43.9. The third kappa shape index (κ3) is 30.3. The minimum absolute atomic E-state index is 0. The van der Waals surface area contributed by atoms with Crippen LogP contribution in [0, 0.1) is 5.21 Å². The zero-order chi connectivity index (χ0) is 26.6. The van der Waals surface area contributed by atoms with E-state index in [1.807, 2.05) is 55.7 Å². The van der Waals surface area contributed by atoms with Crippen molar-refractivity contribution in [2.75, 3.05) is 13.1 Å². The third-order valence-electron chi connectivity index (χ3n) is 4.01. The predicted octanol–water partition coefficient (Wildman–Crippen LogP) is 6.19. The third-order valence-corrected chi connectivity index (χ3v) is 4.01. The van der Waals surface area contributed by atoms with Crippen LogP contribution in [0.1, 0.15) is 67.6 Å². The van der Waals surface area contributed by atoms with Crippen molar-refractivity contribution in [3.8, 4) is 0 Å². The molecule has 0 spiro atoms. The molecular formula is C24H37I6N2O3-. The average Bonchev–Trinajstić information content (AvgIpc) is 2.87. The molecular weight excluding hydrogens is 1130 g/mol. The van der Waals surface area contributed by atoms with E-state index < -0.39 is 0 Å². The van der Waals surface area contributed by atoms with Crippen LogP contribution in [0.5, 0.6) is 0 Å². The monoisotopic (exact) mass is 1160 g/mol. The first-order valence-corrected chi connectivity index (χ1v) is 29.6. The second kappa shape index (κ2) is 35.9. The number of nitrogens with one attached hydrogen (secondary N) is 1. The molecule has 0 bridgehead atoms. The molecule has 0 aromatic heterocycles. The summed E-state index contributed by atoms with van der Waals surface area (Å²) in [5.41, 5.74) is 6.31. The van der Waals surface area contributed by atoms with Gasteiger partial charge in [0.05, 0.1) is 0 Å². The molecule has 0 fully saturated rings. The van der Waals surface area contributed by atoms with Gasteiger partial charge in [-0.1, -0.05) is 64.1 Å². The summed E-state index contributed by atoms with van der Waals surface area (Å²) in [7, 11) is 0. The summed E-state index contributed by atoms with van der Waals surface area (Å²) in [6.45, 7) is 9.46. The van der Waals surface area contributed by atoms with Crippen LogP contribution in [0.25, 0.3) is 0 Å². The SMILES string of the molecule is CCC/[N+]([O-])=C/c1ccc(CC)cc1.CCCNO.CCc1ccc(C=O)cc1.I.II.I[I-]I. The quantitative estimate of drug-likeness (QED) is 0.0828. The van der Waals surface area contributed by atoms with Crippen molar-refractivity contribution >= 4 is 111 Å². The van der Waals surface area contributed by atoms with E-state index in [0.29, 0.717) is 26.3 Å². The summed E-state index contributed by atoms with van der Waals surface area (Å²) < 4.78 is 0.987. The van der Waals surface area contributed by atoms with Crippen LogP contribution >= 0.6 is 98.4 Å². The van der Waals surface area contributed by atoms with Crippen LogP contribution < -0.4 is 18.7 Å². The van der Waals surface area contributed by atoms with E-state index in [9.17, 15) is 10.0 Å². The molecule has 2 N–H and O–H groups in total.